The number of esters is 10. The van der Waals surface area contributed by atoms with Gasteiger partial charge < -0.3 is 76.9 Å². The number of carbonyl (C=O) groups excluding carboxylic acids is 14. The number of ether oxygens (including phenoxy) is 14. The van der Waals surface area contributed by atoms with E-state index in [4.69, 9.17) is 61.6 Å². The molecule has 4 unspecified atom stereocenters. The number of anilines is 2. The van der Waals surface area contributed by atoms with E-state index in [1.54, 1.807) is 57.2 Å². The Morgan fingerprint density at radius 3 is 1.05 bits per heavy atom. The fourth-order valence-corrected chi connectivity index (χ4v) is 13.8. The Morgan fingerprint density at radius 1 is 0.333 bits per heavy atom. The van der Waals surface area contributed by atoms with Crippen molar-refractivity contribution in [1.29, 1.82) is 0 Å². The molecule has 0 aromatic heterocycles. The fraction of sp³-hybridized carbons (Fsp3) is 0.374. The Labute approximate surface area is 805 Å². The van der Waals surface area contributed by atoms with E-state index < -0.39 is 103 Å². The van der Waals surface area contributed by atoms with Crippen LogP contribution in [0.2, 0.25) is 0 Å². The van der Waals surface area contributed by atoms with Gasteiger partial charge in [0.05, 0.1) is 52.9 Å². The normalized spacial score (nSPS) is 11.1. The topological polar surface area (TPSA) is 416 Å². The van der Waals surface area contributed by atoms with E-state index in [2.05, 4.69) is 65.5 Å². The highest BCUT2D eigenvalue weighted by Crippen LogP contribution is 2.21. The lowest BCUT2D eigenvalue weighted by atomic mass is 10.1. The van der Waals surface area contributed by atoms with Gasteiger partial charge in [-0.2, -0.15) is 47.0 Å². The number of amides is 4. The molecule has 0 aliphatic heterocycles. The lowest BCUT2D eigenvalue weighted by Gasteiger charge is -2.18. The van der Waals surface area contributed by atoms with Crippen LogP contribution in [0.15, 0.2) is 243 Å². The standard InChI is InChI=1S/C26H31NO6S.C25H29NO6S.C24H35NO10S.C24H27NO6S/c1-3-31-25(29)20(2)18-34-19-23(33-26(30)27-16-22-12-8-5-9-13-22)17-32-24(28)15-14-21-10-6-4-7-11-21;1-17-5-9-20(10-6-17)13-23(27)31-14-22(16-33-15-19(3)24(28)30-4)32-25(29)26-21-11-7-18(2)8-12-21;1-7-31-23(29)18(6)14-36-15-19(35-24(30)25-10-12-33-22(28)17(4)5)13-34-20(26)9-8-11-32-21(27)16(2)3;1-3-29-23(27)18(2)16-32-17-21(31-24(28)25-20-12-8-5-9-13-20)15-30-22(26)14-19-10-6-4-7-11-19/h4-13,23H,2-3,14-19H2,1H3,(H,27,30);5-12,22H,3,13-16H2,1-2,4H3,(H,26,29);19H,2,4,6-15H2,1,3,5H3,(H,25,30);4-13,21H,2-3,14-17H2,1H3,(H,25,28). The van der Waals surface area contributed by atoms with Crippen molar-refractivity contribution in [1.82, 2.24) is 10.6 Å². The summed E-state index contributed by atoms with van der Waals surface area (Å²) in [5, 5.41) is 10.4. The van der Waals surface area contributed by atoms with Gasteiger partial charge in [0.15, 0.2) is 0 Å². The maximum absolute atomic E-state index is 12.4. The van der Waals surface area contributed by atoms with Gasteiger partial charge >= 0.3 is 84.1 Å². The molecule has 0 saturated carbocycles. The van der Waals surface area contributed by atoms with Crippen molar-refractivity contribution in [3.63, 3.8) is 0 Å². The molecule has 4 N–H and O–H groups in total. The van der Waals surface area contributed by atoms with Crippen molar-refractivity contribution in [2.24, 2.45) is 0 Å². The third-order valence-electron chi connectivity index (χ3n) is 17.1. The van der Waals surface area contributed by atoms with Crippen molar-refractivity contribution in [3.8, 4) is 0 Å². The van der Waals surface area contributed by atoms with E-state index in [1.807, 2.05) is 147 Å². The van der Waals surface area contributed by atoms with Gasteiger partial charge in [0.25, 0.3) is 0 Å². The lowest BCUT2D eigenvalue weighted by molar-refractivity contribution is -0.148. The molecule has 0 saturated heterocycles. The number of methoxy groups -OCH3 is 1. The smallest absolute Gasteiger partial charge is 0.412 e. The van der Waals surface area contributed by atoms with E-state index in [9.17, 15) is 67.1 Å². The zero-order chi connectivity index (χ0) is 99.5. The van der Waals surface area contributed by atoms with E-state index in [0.29, 0.717) is 75.6 Å². The molecule has 6 rings (SSSR count). The van der Waals surface area contributed by atoms with Crippen LogP contribution in [0.25, 0.3) is 0 Å². The third kappa shape index (κ3) is 56.5. The molecule has 0 radical (unpaired) electrons. The summed E-state index contributed by atoms with van der Waals surface area (Å²) >= 11 is 5.24. The van der Waals surface area contributed by atoms with Crippen LogP contribution in [0.5, 0.6) is 0 Å². The first-order valence-corrected chi connectivity index (χ1v) is 47.3. The summed E-state index contributed by atoms with van der Waals surface area (Å²) in [7, 11) is 1.28. The van der Waals surface area contributed by atoms with Crippen LogP contribution < -0.4 is 21.3 Å². The fourth-order valence-electron chi connectivity index (χ4n) is 10.2. The lowest BCUT2D eigenvalue weighted by Crippen LogP contribution is -2.35. The first-order chi connectivity index (χ1) is 64.7. The molecule has 4 atom stereocenters. The number of benzene rings is 6. The second-order valence-electron chi connectivity index (χ2n) is 29.0. The van der Waals surface area contributed by atoms with Crippen LogP contribution in [0.4, 0.5) is 30.6 Å². The molecular formula is C99H122N4O28S4. The summed E-state index contributed by atoms with van der Waals surface area (Å²) in [4.78, 5) is 167. The molecule has 0 bridgehead atoms. The number of nitrogens with one attached hydrogen (secondary N) is 4. The van der Waals surface area contributed by atoms with Gasteiger partial charge in [-0.25, -0.2) is 47.9 Å². The number of hydrogen-bond donors (Lipinski definition) is 4. The summed E-state index contributed by atoms with van der Waals surface area (Å²) in [5.74, 6) is -2.60. The second-order valence-corrected chi connectivity index (χ2v) is 33.1. The third-order valence-corrected chi connectivity index (χ3v) is 21.7. The molecule has 0 fully saturated rings. The second kappa shape index (κ2) is 69.7. The quantitative estimate of drug-likeness (QED) is 0.0119. The maximum Gasteiger partial charge on any atom is 0.412 e. The predicted octanol–water partition coefficient (Wildman–Crippen LogP) is 15.5. The number of thioether (sulfide) groups is 4. The van der Waals surface area contributed by atoms with E-state index in [-0.39, 0.29) is 132 Å². The van der Waals surface area contributed by atoms with Crippen LogP contribution in [-0.4, -0.2) is 228 Å². The highest BCUT2D eigenvalue weighted by Gasteiger charge is 2.25. The first-order valence-electron chi connectivity index (χ1n) is 42.7. The van der Waals surface area contributed by atoms with E-state index in [0.717, 1.165) is 33.4 Å². The molecule has 0 spiro atoms. The molecule has 6 aromatic carbocycles. The van der Waals surface area contributed by atoms with Crippen LogP contribution in [0.1, 0.15) is 87.3 Å². The van der Waals surface area contributed by atoms with Gasteiger partial charge in [-0.15, -0.1) is 0 Å². The number of alkyl carbamates (subject to hydrolysis) is 2. The Hall–Kier alpha value is -13.1. The molecular weight excluding hydrogens is 1820 g/mol. The number of para-hydroxylation sites is 1. The molecule has 6 aromatic rings. The van der Waals surface area contributed by atoms with Gasteiger partial charge in [0.1, 0.15) is 57.5 Å². The minimum Gasteiger partial charge on any atom is -0.466 e. The molecule has 4 amide bonds. The highest BCUT2D eigenvalue weighted by atomic mass is 32.2. The Morgan fingerprint density at radius 2 is 0.659 bits per heavy atom. The van der Waals surface area contributed by atoms with E-state index in [1.165, 1.54) is 68.0 Å². The SMILES string of the molecule is C=C(C)C(=O)OCCCC(=O)OCC(CSCC(=C)C(=O)OCC)OC(=O)NCCOC(=O)C(=C)C.C=C(CSCC(COC(=O)CCc1ccccc1)OC(=O)NCc1ccccc1)C(=O)OCC.C=C(CSCC(COC(=O)Cc1ccc(C)cc1)OC(=O)Nc1ccc(C)cc1)C(=O)OC.C=C(CSCC(COC(=O)Cc1ccccc1)OC(=O)Nc1ccccc1)C(=O)OCC. The van der Waals surface area contributed by atoms with Gasteiger partial charge in [-0.05, 0) is 108 Å². The first kappa shape index (κ1) is 116. The molecule has 0 heterocycles. The van der Waals surface area contributed by atoms with Gasteiger partial charge in [-0.1, -0.05) is 196 Å². The van der Waals surface area contributed by atoms with Gasteiger partial charge in [0, 0.05) is 110 Å². The van der Waals surface area contributed by atoms with Crippen LogP contribution in [-0.2, 0) is 140 Å². The molecule has 730 valence electrons. The average Bonchev–Trinajstić information content (AvgIpc) is 0.897. The zero-order valence-corrected chi connectivity index (χ0v) is 80.7. The van der Waals surface area contributed by atoms with Crippen molar-refractivity contribution in [2.75, 3.05) is 130 Å². The van der Waals surface area contributed by atoms with Crippen LogP contribution in [0, 0.1) is 13.8 Å². The minimum atomic E-state index is -0.840. The summed E-state index contributed by atoms with van der Waals surface area (Å²) in [5.41, 5.74) is 8.64. The zero-order valence-electron chi connectivity index (χ0n) is 77.5. The van der Waals surface area contributed by atoms with E-state index >= 15 is 0 Å². The molecule has 32 nitrogen and oxygen atoms in total. The summed E-state index contributed by atoms with van der Waals surface area (Å²) in [6.45, 7) is 34.2. The number of aryl methyl sites for hydroxylation is 3. The minimum absolute atomic E-state index is 0.0000707. The van der Waals surface area contributed by atoms with Crippen molar-refractivity contribution >= 4 is 142 Å². The molecule has 36 heteroatoms. The van der Waals surface area contributed by atoms with Crippen molar-refractivity contribution in [2.45, 2.75) is 118 Å². The molecule has 0 aliphatic carbocycles. The van der Waals surface area contributed by atoms with Gasteiger partial charge in [-0.3, -0.25) is 29.8 Å². The van der Waals surface area contributed by atoms with Crippen molar-refractivity contribution in [3.05, 3.63) is 276 Å². The Bertz CT molecular complexity index is 4780. The number of rotatable bonds is 55. The predicted molar refractivity (Wildman–Crippen MR) is 519 cm³/mol. The van der Waals surface area contributed by atoms with Crippen LogP contribution in [0.3, 0.4) is 0 Å². The number of carbonyl (C=O) groups is 14. The summed E-state index contributed by atoms with van der Waals surface area (Å²) < 4.78 is 72.1. The van der Waals surface area contributed by atoms with Gasteiger partial charge in [0.2, 0.25) is 0 Å². The molecule has 0 aliphatic rings. The largest absolute Gasteiger partial charge is 0.466 e. The Balaban J connectivity index is 0.000000464. The monoisotopic (exact) mass is 1940 g/mol. The van der Waals surface area contributed by atoms with Crippen LogP contribution >= 0.6 is 47.0 Å². The van der Waals surface area contributed by atoms with Crippen molar-refractivity contribution < 1.29 is 133 Å². The summed E-state index contributed by atoms with van der Waals surface area (Å²) in [6, 6.07) is 52.0. The Kier molecular flexibility index (Phi) is 60.0. The average molecular weight is 1940 g/mol. The highest BCUT2D eigenvalue weighted by molar-refractivity contribution is 8.00. The number of hydrogen-bond acceptors (Lipinski definition) is 32. The summed E-state index contributed by atoms with van der Waals surface area (Å²) in [6.07, 6.45) is -4.42. The molecule has 135 heavy (non-hydrogen) atoms. The maximum atomic E-state index is 12.4.